The molecule has 0 radical (unpaired) electrons. The average Bonchev–Trinajstić information content (AvgIpc) is 2.75. The summed E-state index contributed by atoms with van der Waals surface area (Å²) in [5.41, 5.74) is 1.46. The van der Waals surface area contributed by atoms with E-state index in [1.807, 2.05) is 38.5 Å². The largest absolute Gasteiger partial charge is 0.292 e. The van der Waals surface area contributed by atoms with Gasteiger partial charge in [0.1, 0.15) is 5.82 Å². The lowest BCUT2D eigenvalue weighted by atomic mass is 10.0. The molecule has 0 aliphatic rings. The number of aromatic amines is 1. The first kappa shape index (κ1) is 12.5. The first-order chi connectivity index (χ1) is 8.54. The molecule has 2 heterocycles. The van der Waals surface area contributed by atoms with Crippen molar-refractivity contribution in [1.82, 2.24) is 19.5 Å². The number of aromatic nitrogens is 4. The molecule has 5 heteroatoms. The molecule has 2 aromatic rings. The van der Waals surface area contributed by atoms with Crippen molar-refractivity contribution >= 4 is 0 Å². The average molecular weight is 246 g/mol. The molecule has 0 aliphatic carbocycles. The molecule has 18 heavy (non-hydrogen) atoms. The minimum atomic E-state index is -0.0664. The Hall–Kier alpha value is -1.91. The third-order valence-corrected chi connectivity index (χ3v) is 2.97. The van der Waals surface area contributed by atoms with E-state index in [2.05, 4.69) is 15.0 Å². The molecule has 2 aromatic heterocycles. The molecular formula is C13H18N4O. The van der Waals surface area contributed by atoms with Gasteiger partial charge in [0, 0.05) is 24.4 Å². The van der Waals surface area contributed by atoms with Crippen LogP contribution in [-0.2, 0) is 6.42 Å². The van der Waals surface area contributed by atoms with Gasteiger partial charge in [0.2, 0.25) is 5.95 Å². The molecule has 0 bridgehead atoms. The molecule has 0 fully saturated rings. The molecule has 5 nitrogen and oxygen atoms in total. The summed E-state index contributed by atoms with van der Waals surface area (Å²) in [6, 6.07) is 0. The van der Waals surface area contributed by atoms with Crippen molar-refractivity contribution in [2.75, 3.05) is 0 Å². The van der Waals surface area contributed by atoms with Crippen molar-refractivity contribution < 1.29 is 0 Å². The van der Waals surface area contributed by atoms with Gasteiger partial charge in [0.15, 0.2) is 0 Å². The van der Waals surface area contributed by atoms with Crippen molar-refractivity contribution in [2.45, 2.75) is 40.0 Å². The molecule has 0 unspecified atom stereocenters. The zero-order valence-electron chi connectivity index (χ0n) is 11.2. The zero-order chi connectivity index (χ0) is 13.3. The van der Waals surface area contributed by atoms with Crippen LogP contribution in [-0.4, -0.2) is 19.5 Å². The molecule has 0 spiro atoms. The first-order valence-electron chi connectivity index (χ1n) is 6.18. The predicted molar refractivity (Wildman–Crippen MR) is 70.2 cm³/mol. The highest BCUT2D eigenvalue weighted by Crippen LogP contribution is 2.14. The highest BCUT2D eigenvalue weighted by molar-refractivity contribution is 5.25. The summed E-state index contributed by atoms with van der Waals surface area (Å²) < 4.78 is 1.82. The Morgan fingerprint density at radius 2 is 2.17 bits per heavy atom. The predicted octanol–water partition coefficient (Wildman–Crippen LogP) is 1.95. The van der Waals surface area contributed by atoms with Crippen LogP contribution >= 0.6 is 0 Å². The van der Waals surface area contributed by atoms with E-state index in [-0.39, 0.29) is 11.5 Å². The third kappa shape index (κ3) is 2.08. The number of aryl methyl sites for hydroxylation is 2. The van der Waals surface area contributed by atoms with Crippen molar-refractivity contribution in [3.8, 4) is 5.95 Å². The van der Waals surface area contributed by atoms with Crippen LogP contribution in [0.3, 0.4) is 0 Å². The van der Waals surface area contributed by atoms with E-state index < -0.39 is 0 Å². The molecule has 2 rings (SSSR count). The van der Waals surface area contributed by atoms with Crippen LogP contribution < -0.4 is 5.56 Å². The van der Waals surface area contributed by atoms with Crippen LogP contribution in [0.15, 0.2) is 17.2 Å². The summed E-state index contributed by atoms with van der Waals surface area (Å²) in [5, 5.41) is 0. The number of hydrogen-bond acceptors (Lipinski definition) is 3. The monoisotopic (exact) mass is 246 g/mol. The van der Waals surface area contributed by atoms with Crippen LogP contribution in [0.2, 0.25) is 0 Å². The molecule has 0 aliphatic heterocycles. The first-order valence-corrected chi connectivity index (χ1v) is 6.18. The standard InChI is InChI=1S/C13H18N4O/c1-5-10-14-6-7-17(10)13-15-9(4)11(8(2)3)12(18)16-13/h6-8H,5H2,1-4H3,(H,15,16,18). The fraction of sp³-hybridized carbons (Fsp3) is 0.462. The van der Waals surface area contributed by atoms with Crippen LogP contribution in [0.5, 0.6) is 0 Å². The Morgan fingerprint density at radius 1 is 1.44 bits per heavy atom. The van der Waals surface area contributed by atoms with E-state index in [1.54, 1.807) is 6.20 Å². The molecule has 0 saturated heterocycles. The van der Waals surface area contributed by atoms with Crippen molar-refractivity contribution in [3.05, 3.63) is 39.8 Å². The Bertz CT molecular complexity index is 610. The summed E-state index contributed by atoms with van der Waals surface area (Å²) in [6.45, 7) is 7.88. The van der Waals surface area contributed by atoms with Crippen LogP contribution in [0.1, 0.15) is 43.8 Å². The number of H-pyrrole nitrogens is 1. The van der Waals surface area contributed by atoms with E-state index in [0.29, 0.717) is 5.95 Å². The van der Waals surface area contributed by atoms with Gasteiger partial charge in [-0.3, -0.25) is 14.3 Å². The number of hydrogen-bond donors (Lipinski definition) is 1. The minimum absolute atomic E-state index is 0.0664. The molecular weight excluding hydrogens is 228 g/mol. The smallest absolute Gasteiger partial charge is 0.255 e. The highest BCUT2D eigenvalue weighted by atomic mass is 16.1. The van der Waals surface area contributed by atoms with E-state index in [0.717, 1.165) is 23.5 Å². The Labute approximate surface area is 106 Å². The number of rotatable bonds is 3. The van der Waals surface area contributed by atoms with Gasteiger partial charge in [0.05, 0.1) is 5.69 Å². The van der Waals surface area contributed by atoms with E-state index in [9.17, 15) is 4.79 Å². The van der Waals surface area contributed by atoms with Gasteiger partial charge in [-0.25, -0.2) is 9.97 Å². The summed E-state index contributed by atoms with van der Waals surface area (Å²) >= 11 is 0. The third-order valence-electron chi connectivity index (χ3n) is 2.97. The molecule has 0 amide bonds. The van der Waals surface area contributed by atoms with Crippen LogP contribution in [0, 0.1) is 6.92 Å². The zero-order valence-corrected chi connectivity index (χ0v) is 11.2. The van der Waals surface area contributed by atoms with Gasteiger partial charge in [0.25, 0.3) is 5.56 Å². The normalized spacial score (nSPS) is 11.2. The summed E-state index contributed by atoms with van der Waals surface area (Å²) in [5.74, 6) is 1.59. The summed E-state index contributed by atoms with van der Waals surface area (Å²) in [6.07, 6.45) is 4.32. The van der Waals surface area contributed by atoms with Crippen LogP contribution in [0.25, 0.3) is 5.95 Å². The van der Waals surface area contributed by atoms with Gasteiger partial charge < -0.3 is 0 Å². The molecule has 0 aromatic carbocycles. The van der Waals surface area contributed by atoms with Gasteiger partial charge in [-0.2, -0.15) is 0 Å². The maximum Gasteiger partial charge on any atom is 0.255 e. The summed E-state index contributed by atoms with van der Waals surface area (Å²) in [7, 11) is 0. The van der Waals surface area contributed by atoms with Crippen molar-refractivity contribution in [1.29, 1.82) is 0 Å². The summed E-state index contributed by atoms with van der Waals surface area (Å²) in [4.78, 5) is 23.6. The Kier molecular flexibility index (Phi) is 3.32. The van der Waals surface area contributed by atoms with Gasteiger partial charge in [-0.15, -0.1) is 0 Å². The fourth-order valence-corrected chi connectivity index (χ4v) is 2.16. The second-order valence-electron chi connectivity index (χ2n) is 4.61. The lowest BCUT2D eigenvalue weighted by molar-refractivity contribution is 0.774. The lowest BCUT2D eigenvalue weighted by Crippen LogP contribution is -2.21. The molecule has 0 atom stereocenters. The maximum atomic E-state index is 12.1. The minimum Gasteiger partial charge on any atom is -0.292 e. The highest BCUT2D eigenvalue weighted by Gasteiger charge is 2.13. The number of nitrogens with zero attached hydrogens (tertiary/aromatic N) is 3. The quantitative estimate of drug-likeness (QED) is 0.900. The van der Waals surface area contributed by atoms with Crippen molar-refractivity contribution in [3.63, 3.8) is 0 Å². The SMILES string of the molecule is CCc1nccn1-c1nc(C)c(C(C)C)c(=O)[nH]1. The topological polar surface area (TPSA) is 63.6 Å². The van der Waals surface area contributed by atoms with Crippen LogP contribution in [0.4, 0.5) is 0 Å². The number of imidazole rings is 1. The molecule has 96 valence electrons. The second-order valence-corrected chi connectivity index (χ2v) is 4.61. The van der Waals surface area contributed by atoms with E-state index in [1.165, 1.54) is 0 Å². The lowest BCUT2D eigenvalue weighted by Gasteiger charge is -2.11. The second kappa shape index (κ2) is 4.76. The van der Waals surface area contributed by atoms with E-state index >= 15 is 0 Å². The Balaban J connectivity index is 2.59. The van der Waals surface area contributed by atoms with Gasteiger partial charge >= 0.3 is 0 Å². The van der Waals surface area contributed by atoms with Gasteiger partial charge in [-0.05, 0) is 12.8 Å². The number of nitrogens with one attached hydrogen (secondary N) is 1. The van der Waals surface area contributed by atoms with E-state index in [4.69, 9.17) is 0 Å². The van der Waals surface area contributed by atoms with Gasteiger partial charge in [-0.1, -0.05) is 20.8 Å². The molecule has 1 N–H and O–H groups in total. The molecule has 0 saturated carbocycles. The fourth-order valence-electron chi connectivity index (χ4n) is 2.16. The van der Waals surface area contributed by atoms with Crippen molar-refractivity contribution in [2.24, 2.45) is 0 Å². The maximum absolute atomic E-state index is 12.1. The Morgan fingerprint density at radius 3 is 2.72 bits per heavy atom.